The third kappa shape index (κ3) is 6.39. The molecule has 0 aromatic carbocycles. The van der Waals surface area contributed by atoms with Gasteiger partial charge in [-0.3, -0.25) is 0 Å². The van der Waals surface area contributed by atoms with E-state index < -0.39 is 0 Å². The number of rotatable bonds is 5. The third-order valence-corrected chi connectivity index (χ3v) is 2.84. The summed E-state index contributed by atoms with van der Waals surface area (Å²) in [6, 6.07) is 0.748. The lowest BCUT2D eigenvalue weighted by Gasteiger charge is -2.27. The lowest BCUT2D eigenvalue weighted by Crippen LogP contribution is -2.41. The molecule has 0 bridgehead atoms. The standard InChI is InChI=1S/C12H26N2.ClH/c1-12(2,3)9-13-8-11(14(4)5)10-6-7-10;/h10-11,13H,6-9H2,1-5H3;1H. The first-order valence-corrected chi connectivity index (χ1v) is 5.77. The fourth-order valence-corrected chi connectivity index (χ4v) is 1.85. The molecule has 1 saturated carbocycles. The van der Waals surface area contributed by atoms with Gasteiger partial charge >= 0.3 is 0 Å². The minimum atomic E-state index is 0. The van der Waals surface area contributed by atoms with Crippen LogP contribution in [0.25, 0.3) is 0 Å². The molecular formula is C12H27ClN2. The van der Waals surface area contributed by atoms with Crippen LogP contribution in [0.1, 0.15) is 33.6 Å². The van der Waals surface area contributed by atoms with Crippen LogP contribution in [0, 0.1) is 11.3 Å². The van der Waals surface area contributed by atoms with E-state index in [2.05, 4.69) is 45.1 Å². The minimum Gasteiger partial charge on any atom is -0.315 e. The van der Waals surface area contributed by atoms with Gasteiger partial charge in [0.2, 0.25) is 0 Å². The molecule has 0 heterocycles. The topological polar surface area (TPSA) is 15.3 Å². The van der Waals surface area contributed by atoms with E-state index >= 15 is 0 Å². The van der Waals surface area contributed by atoms with Crippen LogP contribution in [-0.4, -0.2) is 38.1 Å². The summed E-state index contributed by atoms with van der Waals surface area (Å²) in [4.78, 5) is 2.37. The molecule has 1 aliphatic rings. The van der Waals surface area contributed by atoms with Gasteiger partial charge in [0.25, 0.3) is 0 Å². The van der Waals surface area contributed by atoms with Crippen LogP contribution in [0.5, 0.6) is 0 Å². The Hall–Kier alpha value is 0.210. The van der Waals surface area contributed by atoms with Crippen LogP contribution < -0.4 is 5.32 Å². The zero-order valence-corrected chi connectivity index (χ0v) is 11.7. The molecule has 1 aliphatic carbocycles. The van der Waals surface area contributed by atoms with Crippen molar-refractivity contribution >= 4 is 12.4 Å². The van der Waals surface area contributed by atoms with Gasteiger partial charge in [-0.2, -0.15) is 0 Å². The average molecular weight is 235 g/mol. The Morgan fingerprint density at radius 2 is 1.80 bits per heavy atom. The Labute approximate surface area is 101 Å². The molecule has 92 valence electrons. The van der Waals surface area contributed by atoms with Gasteiger partial charge in [-0.25, -0.2) is 0 Å². The second-order valence-electron chi connectivity index (χ2n) is 6.06. The van der Waals surface area contributed by atoms with Crippen molar-refractivity contribution in [2.24, 2.45) is 11.3 Å². The molecule has 0 aromatic heterocycles. The maximum absolute atomic E-state index is 3.59. The first kappa shape index (κ1) is 15.2. The highest BCUT2D eigenvalue weighted by Crippen LogP contribution is 2.34. The Bertz CT molecular complexity index is 169. The van der Waals surface area contributed by atoms with Crippen molar-refractivity contribution in [2.45, 2.75) is 39.7 Å². The predicted octanol–water partition coefficient (Wildman–Crippen LogP) is 2.38. The summed E-state index contributed by atoms with van der Waals surface area (Å²) >= 11 is 0. The summed E-state index contributed by atoms with van der Waals surface area (Å²) in [5, 5.41) is 3.59. The highest BCUT2D eigenvalue weighted by molar-refractivity contribution is 5.85. The Morgan fingerprint density at radius 1 is 1.27 bits per heavy atom. The first-order chi connectivity index (χ1) is 6.40. The minimum absolute atomic E-state index is 0. The molecule has 0 aromatic rings. The summed E-state index contributed by atoms with van der Waals surface area (Å²) in [5.74, 6) is 0.956. The summed E-state index contributed by atoms with van der Waals surface area (Å²) in [7, 11) is 4.39. The van der Waals surface area contributed by atoms with E-state index in [0.29, 0.717) is 5.41 Å². The number of nitrogens with zero attached hydrogens (tertiary/aromatic N) is 1. The second kappa shape index (κ2) is 6.07. The van der Waals surface area contributed by atoms with E-state index in [-0.39, 0.29) is 12.4 Å². The van der Waals surface area contributed by atoms with Crippen molar-refractivity contribution < 1.29 is 0 Å². The van der Waals surface area contributed by atoms with E-state index in [4.69, 9.17) is 0 Å². The van der Waals surface area contributed by atoms with Gasteiger partial charge in [-0.15, -0.1) is 12.4 Å². The second-order valence-corrected chi connectivity index (χ2v) is 6.06. The van der Waals surface area contributed by atoms with Gasteiger partial charge in [0.1, 0.15) is 0 Å². The Morgan fingerprint density at radius 3 is 2.13 bits per heavy atom. The number of halogens is 1. The normalized spacial score (nSPS) is 18.8. The van der Waals surface area contributed by atoms with Gasteiger partial charge in [-0.05, 0) is 38.3 Å². The van der Waals surface area contributed by atoms with Crippen molar-refractivity contribution in [1.82, 2.24) is 10.2 Å². The maximum Gasteiger partial charge on any atom is 0.0242 e. The average Bonchev–Trinajstić information content (AvgIpc) is 2.77. The predicted molar refractivity (Wildman–Crippen MR) is 69.8 cm³/mol. The Kier molecular flexibility index (Phi) is 6.16. The lowest BCUT2D eigenvalue weighted by molar-refractivity contribution is 0.245. The van der Waals surface area contributed by atoms with Crippen molar-refractivity contribution in [3.63, 3.8) is 0 Å². The largest absolute Gasteiger partial charge is 0.315 e. The number of likely N-dealkylation sites (N-methyl/N-ethyl adjacent to an activating group) is 1. The van der Waals surface area contributed by atoms with Gasteiger partial charge < -0.3 is 10.2 Å². The zero-order valence-electron chi connectivity index (χ0n) is 10.8. The van der Waals surface area contributed by atoms with Gasteiger partial charge in [-0.1, -0.05) is 20.8 Å². The molecule has 1 atom stereocenters. The smallest absolute Gasteiger partial charge is 0.0242 e. The van der Waals surface area contributed by atoms with E-state index in [0.717, 1.165) is 25.0 Å². The monoisotopic (exact) mass is 234 g/mol. The summed E-state index contributed by atoms with van der Waals surface area (Å²) < 4.78 is 0. The molecule has 1 unspecified atom stereocenters. The lowest BCUT2D eigenvalue weighted by atomic mass is 9.97. The van der Waals surface area contributed by atoms with Crippen LogP contribution in [0.2, 0.25) is 0 Å². The highest BCUT2D eigenvalue weighted by Gasteiger charge is 2.32. The van der Waals surface area contributed by atoms with Crippen molar-refractivity contribution in [3.8, 4) is 0 Å². The van der Waals surface area contributed by atoms with Crippen molar-refractivity contribution in [3.05, 3.63) is 0 Å². The van der Waals surface area contributed by atoms with Crippen LogP contribution >= 0.6 is 12.4 Å². The quantitative estimate of drug-likeness (QED) is 0.786. The molecule has 1 rings (SSSR count). The first-order valence-electron chi connectivity index (χ1n) is 5.77. The number of nitrogens with one attached hydrogen (secondary N) is 1. The van der Waals surface area contributed by atoms with Crippen LogP contribution in [0.15, 0.2) is 0 Å². The molecule has 0 radical (unpaired) electrons. The SMILES string of the molecule is CN(C)C(CNCC(C)(C)C)C1CC1.Cl. The number of hydrogen-bond donors (Lipinski definition) is 1. The molecule has 1 N–H and O–H groups in total. The summed E-state index contributed by atoms with van der Waals surface area (Å²) in [6.45, 7) is 9.10. The molecule has 15 heavy (non-hydrogen) atoms. The molecule has 3 heteroatoms. The van der Waals surface area contributed by atoms with Crippen molar-refractivity contribution in [2.75, 3.05) is 27.2 Å². The van der Waals surface area contributed by atoms with Gasteiger partial charge in [0, 0.05) is 19.1 Å². The highest BCUT2D eigenvalue weighted by atomic mass is 35.5. The van der Waals surface area contributed by atoms with Crippen molar-refractivity contribution in [1.29, 1.82) is 0 Å². The molecule has 0 saturated heterocycles. The molecule has 2 nitrogen and oxygen atoms in total. The van der Waals surface area contributed by atoms with E-state index in [9.17, 15) is 0 Å². The molecular weight excluding hydrogens is 208 g/mol. The number of hydrogen-bond acceptors (Lipinski definition) is 2. The zero-order chi connectivity index (χ0) is 10.8. The van der Waals surface area contributed by atoms with E-state index in [1.165, 1.54) is 12.8 Å². The van der Waals surface area contributed by atoms with Crippen LogP contribution in [-0.2, 0) is 0 Å². The summed E-state index contributed by atoms with van der Waals surface area (Å²) in [6.07, 6.45) is 2.86. The maximum atomic E-state index is 3.59. The summed E-state index contributed by atoms with van der Waals surface area (Å²) in [5.41, 5.74) is 0.403. The third-order valence-electron chi connectivity index (χ3n) is 2.84. The fourth-order valence-electron chi connectivity index (χ4n) is 1.85. The van der Waals surface area contributed by atoms with Gasteiger partial charge in [0.15, 0.2) is 0 Å². The van der Waals surface area contributed by atoms with E-state index in [1.807, 2.05) is 0 Å². The van der Waals surface area contributed by atoms with Crippen LogP contribution in [0.3, 0.4) is 0 Å². The van der Waals surface area contributed by atoms with Crippen LogP contribution in [0.4, 0.5) is 0 Å². The van der Waals surface area contributed by atoms with Gasteiger partial charge in [0.05, 0.1) is 0 Å². The Balaban J connectivity index is 0.00000196. The van der Waals surface area contributed by atoms with E-state index in [1.54, 1.807) is 0 Å². The molecule has 0 aliphatic heterocycles. The molecule has 1 fully saturated rings. The fraction of sp³-hybridized carbons (Fsp3) is 1.00. The molecule has 0 spiro atoms. The molecule has 0 amide bonds.